The monoisotopic (exact) mass is 639 g/mol. The third-order valence-electron chi connectivity index (χ3n) is 7.79. The molecule has 3 aliphatic heterocycles. The third kappa shape index (κ3) is 6.76. The van der Waals surface area contributed by atoms with Crippen LogP contribution in [0.2, 0.25) is 0 Å². The van der Waals surface area contributed by atoms with Crippen LogP contribution in [0, 0.1) is 17.5 Å². The number of halogens is 3. The Hall–Kier alpha value is -5.11. The summed E-state index contributed by atoms with van der Waals surface area (Å²) >= 11 is 0. The lowest BCUT2D eigenvalue weighted by atomic mass is 10.0. The van der Waals surface area contributed by atoms with Gasteiger partial charge in [-0.15, -0.1) is 0 Å². The number of anilines is 1. The van der Waals surface area contributed by atoms with Gasteiger partial charge in [-0.1, -0.05) is 12.1 Å². The number of ether oxygens (including phenoxy) is 4. The lowest BCUT2D eigenvalue weighted by Crippen LogP contribution is -2.52. The zero-order valence-electron chi connectivity index (χ0n) is 24.3. The summed E-state index contributed by atoms with van der Waals surface area (Å²) in [7, 11) is 0. The van der Waals surface area contributed by atoms with E-state index < -0.39 is 47.3 Å². The van der Waals surface area contributed by atoms with Gasteiger partial charge in [0.05, 0.1) is 24.5 Å². The molecule has 11 nitrogen and oxygen atoms in total. The van der Waals surface area contributed by atoms with E-state index in [1.807, 2.05) is 0 Å². The summed E-state index contributed by atoms with van der Waals surface area (Å²) in [4.78, 5) is 52.0. The highest BCUT2D eigenvalue weighted by molar-refractivity contribution is 6.06. The summed E-state index contributed by atoms with van der Waals surface area (Å²) in [5.74, 6) is -4.02. The molecule has 0 radical (unpaired) electrons. The molecule has 14 heteroatoms. The van der Waals surface area contributed by atoms with Gasteiger partial charge in [0.1, 0.15) is 47.6 Å². The second-order valence-corrected chi connectivity index (χ2v) is 11.0. The van der Waals surface area contributed by atoms with Crippen LogP contribution in [0.4, 0.5) is 23.7 Å². The van der Waals surface area contributed by atoms with E-state index in [0.717, 1.165) is 18.2 Å². The molecule has 240 valence electrons. The second kappa shape index (κ2) is 13.1. The van der Waals surface area contributed by atoms with Crippen molar-refractivity contribution in [2.24, 2.45) is 0 Å². The van der Waals surface area contributed by atoms with E-state index in [1.54, 1.807) is 12.1 Å². The molecule has 1 unspecified atom stereocenters. The van der Waals surface area contributed by atoms with Gasteiger partial charge in [-0.05, 0) is 24.1 Å². The molecule has 3 aromatic carbocycles. The molecule has 6 rings (SSSR count). The van der Waals surface area contributed by atoms with E-state index >= 15 is 0 Å². The topological polar surface area (TPSA) is 132 Å². The summed E-state index contributed by atoms with van der Waals surface area (Å²) in [6.07, 6.45) is 0.173. The number of amides is 4. The van der Waals surface area contributed by atoms with E-state index in [2.05, 4.69) is 10.6 Å². The molecule has 3 heterocycles. The predicted octanol–water partition coefficient (Wildman–Crippen LogP) is 4.96. The maximum Gasteiger partial charge on any atom is 0.412 e. The molecule has 4 amide bonds. The number of fused-ring (bicyclic) bond motifs is 1. The zero-order chi connectivity index (χ0) is 32.4. The van der Waals surface area contributed by atoms with Gasteiger partial charge in [0.15, 0.2) is 5.82 Å². The lowest BCUT2D eigenvalue weighted by molar-refractivity contribution is -0.136. The molecule has 46 heavy (non-hydrogen) atoms. The SMILES string of the molecule is O=C1CCC(N2Cc3ccc(COC(=O)Nc4ccc(Oc5cc(F)cc(F)c5)cc4F)c(OC4CCOCC4)c3C2=O)C(=O)N1. The van der Waals surface area contributed by atoms with Crippen molar-refractivity contribution in [1.82, 2.24) is 10.2 Å². The highest BCUT2D eigenvalue weighted by Crippen LogP contribution is 2.38. The average Bonchev–Trinajstić information content (AvgIpc) is 3.34. The highest BCUT2D eigenvalue weighted by atomic mass is 19.1. The highest BCUT2D eigenvalue weighted by Gasteiger charge is 2.41. The first kappa shape index (κ1) is 30.9. The van der Waals surface area contributed by atoms with Crippen LogP contribution in [0.25, 0.3) is 0 Å². The molecule has 0 spiro atoms. The Morgan fingerprint density at radius 3 is 2.43 bits per heavy atom. The standard InChI is InChI=1S/C32H28F3N3O8/c33-19-11-20(34)13-23(12-19)45-22-3-4-25(24(35)14-22)36-32(42)44-16-18-2-1-17-15-38(26-5-6-27(39)37-30(26)40)31(41)28(17)29(18)46-21-7-9-43-10-8-21/h1-4,11-14,21,26H,5-10,15-16H2,(H,36,42)(H,37,39,40). The van der Waals surface area contributed by atoms with Crippen molar-refractivity contribution in [3.05, 3.63) is 82.7 Å². The van der Waals surface area contributed by atoms with Gasteiger partial charge in [0, 0.05) is 55.6 Å². The fourth-order valence-electron chi connectivity index (χ4n) is 5.55. The summed E-state index contributed by atoms with van der Waals surface area (Å²) in [6, 6.07) is 8.48. The number of piperidine rings is 1. The number of carbonyl (C=O) groups is 4. The summed E-state index contributed by atoms with van der Waals surface area (Å²) in [5.41, 5.74) is 1.00. The van der Waals surface area contributed by atoms with Gasteiger partial charge in [0.25, 0.3) is 5.91 Å². The molecular weight excluding hydrogens is 611 g/mol. The molecule has 0 aliphatic carbocycles. The van der Waals surface area contributed by atoms with Gasteiger partial charge >= 0.3 is 6.09 Å². The molecule has 2 saturated heterocycles. The fourth-order valence-corrected chi connectivity index (χ4v) is 5.55. The number of imide groups is 1. The Kier molecular flexibility index (Phi) is 8.79. The molecule has 0 aromatic heterocycles. The van der Waals surface area contributed by atoms with Crippen LogP contribution in [0.3, 0.4) is 0 Å². The normalized spacial score (nSPS) is 18.2. The first-order valence-electron chi connectivity index (χ1n) is 14.6. The number of hydrogen-bond donors (Lipinski definition) is 2. The number of carbonyl (C=O) groups excluding carboxylic acids is 4. The number of hydrogen-bond acceptors (Lipinski definition) is 8. The van der Waals surface area contributed by atoms with Crippen molar-refractivity contribution in [3.63, 3.8) is 0 Å². The number of nitrogens with zero attached hydrogens (tertiary/aromatic N) is 1. The maximum absolute atomic E-state index is 14.8. The van der Waals surface area contributed by atoms with E-state index in [4.69, 9.17) is 18.9 Å². The van der Waals surface area contributed by atoms with Gasteiger partial charge in [-0.25, -0.2) is 18.0 Å². The average molecular weight is 640 g/mol. The van der Waals surface area contributed by atoms with E-state index in [1.165, 1.54) is 17.0 Å². The minimum atomic E-state index is -1.01. The molecule has 2 N–H and O–H groups in total. The summed E-state index contributed by atoms with van der Waals surface area (Å²) in [5, 5.41) is 4.57. The van der Waals surface area contributed by atoms with E-state index in [0.29, 0.717) is 43.2 Å². The minimum absolute atomic E-state index is 0.0644. The summed E-state index contributed by atoms with van der Waals surface area (Å²) in [6.45, 7) is 0.744. The van der Waals surface area contributed by atoms with Crippen molar-refractivity contribution in [3.8, 4) is 17.2 Å². The Balaban J connectivity index is 1.16. The van der Waals surface area contributed by atoms with Crippen molar-refractivity contribution in [2.45, 2.75) is 51.0 Å². The van der Waals surface area contributed by atoms with Crippen LogP contribution in [0.1, 0.15) is 47.2 Å². The predicted molar refractivity (Wildman–Crippen MR) is 154 cm³/mol. The van der Waals surface area contributed by atoms with Crippen LogP contribution >= 0.6 is 0 Å². The molecule has 2 fully saturated rings. The number of nitrogens with one attached hydrogen (secondary N) is 2. The summed E-state index contributed by atoms with van der Waals surface area (Å²) < 4.78 is 64.1. The fraction of sp³-hybridized carbons (Fsp3) is 0.312. The van der Waals surface area contributed by atoms with Crippen LogP contribution < -0.4 is 20.1 Å². The minimum Gasteiger partial charge on any atom is -0.489 e. The first-order valence-corrected chi connectivity index (χ1v) is 14.6. The third-order valence-corrected chi connectivity index (χ3v) is 7.79. The van der Waals surface area contributed by atoms with Gasteiger partial charge in [-0.3, -0.25) is 25.0 Å². The molecule has 0 saturated carbocycles. The Bertz CT molecular complexity index is 1690. The largest absolute Gasteiger partial charge is 0.489 e. The van der Waals surface area contributed by atoms with Gasteiger partial charge in [-0.2, -0.15) is 0 Å². The first-order chi connectivity index (χ1) is 22.1. The molecule has 3 aromatic rings. The van der Waals surface area contributed by atoms with Crippen molar-refractivity contribution >= 4 is 29.5 Å². The quantitative estimate of drug-likeness (QED) is 0.331. The van der Waals surface area contributed by atoms with Crippen LogP contribution in [-0.2, 0) is 32.2 Å². The van der Waals surface area contributed by atoms with Crippen LogP contribution in [-0.4, -0.2) is 54.1 Å². The van der Waals surface area contributed by atoms with Crippen molar-refractivity contribution in [2.75, 3.05) is 18.5 Å². The number of benzene rings is 3. The molecule has 1 atom stereocenters. The van der Waals surface area contributed by atoms with Crippen LogP contribution in [0.15, 0.2) is 48.5 Å². The molecular formula is C32H28F3N3O8. The Morgan fingerprint density at radius 1 is 0.957 bits per heavy atom. The van der Waals surface area contributed by atoms with E-state index in [9.17, 15) is 32.3 Å². The lowest BCUT2D eigenvalue weighted by Gasteiger charge is -2.29. The molecule has 0 bridgehead atoms. The van der Waals surface area contributed by atoms with Gasteiger partial charge < -0.3 is 23.8 Å². The van der Waals surface area contributed by atoms with Crippen molar-refractivity contribution < 1.29 is 51.3 Å². The van der Waals surface area contributed by atoms with Crippen molar-refractivity contribution in [1.29, 1.82) is 0 Å². The Morgan fingerprint density at radius 2 is 1.72 bits per heavy atom. The van der Waals surface area contributed by atoms with Gasteiger partial charge in [0.2, 0.25) is 11.8 Å². The Labute approximate surface area is 260 Å². The maximum atomic E-state index is 14.8. The zero-order valence-corrected chi connectivity index (χ0v) is 24.3. The number of rotatable bonds is 8. The second-order valence-electron chi connectivity index (χ2n) is 11.0. The smallest absolute Gasteiger partial charge is 0.412 e. The van der Waals surface area contributed by atoms with Crippen LogP contribution in [0.5, 0.6) is 17.2 Å². The molecule has 3 aliphatic rings. The van der Waals surface area contributed by atoms with E-state index in [-0.39, 0.29) is 60.6 Å².